The number of amides is 2. The van der Waals surface area contributed by atoms with E-state index in [4.69, 9.17) is 0 Å². The Morgan fingerprint density at radius 3 is 2.08 bits per heavy atom. The Bertz CT molecular complexity index is 1470. The number of nitrogens with one attached hydrogen (secondary N) is 1. The predicted molar refractivity (Wildman–Crippen MR) is 144 cm³/mol. The molecular formula is C30H33N3O3. The van der Waals surface area contributed by atoms with Crippen LogP contribution < -0.4 is 5.32 Å². The summed E-state index contributed by atoms with van der Waals surface area (Å²) < 4.78 is 4.17. The van der Waals surface area contributed by atoms with Crippen molar-refractivity contribution in [2.24, 2.45) is 13.0 Å². The first-order valence-corrected chi connectivity index (χ1v) is 12.9. The quantitative estimate of drug-likeness (QED) is 0.301. The second kappa shape index (κ2) is 10.2. The van der Waals surface area contributed by atoms with Gasteiger partial charge in [0.05, 0.1) is 11.1 Å². The number of aryl methyl sites for hydroxylation is 2. The number of hydrogen-bond acceptors (Lipinski definition) is 3. The third-order valence-electron chi connectivity index (χ3n) is 7.39. The van der Waals surface area contributed by atoms with Crippen LogP contribution in [0.4, 0.5) is 0 Å². The molecule has 1 unspecified atom stereocenters. The van der Waals surface area contributed by atoms with Gasteiger partial charge in [-0.1, -0.05) is 56.2 Å². The van der Waals surface area contributed by atoms with Crippen LogP contribution in [0.1, 0.15) is 50.2 Å². The van der Waals surface area contributed by atoms with Crippen LogP contribution >= 0.6 is 0 Å². The summed E-state index contributed by atoms with van der Waals surface area (Å²) in [5.41, 5.74) is 4.46. The Balaban J connectivity index is 1.57. The first-order valence-electron chi connectivity index (χ1n) is 12.9. The van der Waals surface area contributed by atoms with Gasteiger partial charge in [0, 0.05) is 65.5 Å². The van der Waals surface area contributed by atoms with Crippen molar-refractivity contribution >= 4 is 44.8 Å². The van der Waals surface area contributed by atoms with Gasteiger partial charge in [0.1, 0.15) is 0 Å². The van der Waals surface area contributed by atoms with Crippen LogP contribution in [0.5, 0.6) is 0 Å². The molecule has 186 valence electrons. The topological polar surface area (TPSA) is 76.3 Å². The molecule has 2 amide bonds. The van der Waals surface area contributed by atoms with Crippen molar-refractivity contribution in [3.05, 3.63) is 72.1 Å². The van der Waals surface area contributed by atoms with E-state index in [1.807, 2.05) is 66.5 Å². The van der Waals surface area contributed by atoms with Crippen molar-refractivity contribution in [1.29, 1.82) is 0 Å². The molecule has 2 N–H and O–H groups in total. The van der Waals surface area contributed by atoms with Gasteiger partial charge in [-0.2, -0.15) is 0 Å². The van der Waals surface area contributed by atoms with Gasteiger partial charge < -0.3 is 14.2 Å². The minimum Gasteiger partial charge on any atom is -0.396 e. The van der Waals surface area contributed by atoms with E-state index >= 15 is 0 Å². The Morgan fingerprint density at radius 1 is 0.833 bits per heavy atom. The highest BCUT2D eigenvalue weighted by atomic mass is 16.3. The van der Waals surface area contributed by atoms with Crippen LogP contribution in [0.25, 0.3) is 33.0 Å². The normalized spacial score (nSPS) is 14.9. The number of aliphatic hydroxyl groups is 1. The lowest BCUT2D eigenvalue weighted by Crippen LogP contribution is -2.22. The lowest BCUT2D eigenvalue weighted by atomic mass is 9.95. The second-order valence-corrected chi connectivity index (χ2v) is 9.79. The number of nitrogens with zero attached hydrogens (tertiary/aromatic N) is 2. The summed E-state index contributed by atoms with van der Waals surface area (Å²) in [6.07, 6.45) is 9.17. The van der Waals surface area contributed by atoms with Crippen molar-refractivity contribution < 1.29 is 14.7 Å². The number of unbranched alkanes of at least 4 members (excludes halogenated alkanes) is 1. The molecule has 0 radical (unpaired) electrons. The summed E-state index contributed by atoms with van der Waals surface area (Å²) in [5.74, 6) is -0.388. The molecule has 1 atom stereocenters. The number of aliphatic hydroxyl groups excluding tert-OH is 1. The number of benzene rings is 2. The lowest BCUT2D eigenvalue weighted by molar-refractivity contribution is -0.122. The number of carbonyl (C=O) groups is 2. The van der Waals surface area contributed by atoms with E-state index in [1.54, 1.807) is 0 Å². The van der Waals surface area contributed by atoms with E-state index in [0.717, 1.165) is 71.6 Å². The number of para-hydroxylation sites is 2. The van der Waals surface area contributed by atoms with Crippen LogP contribution in [-0.2, 0) is 23.2 Å². The van der Waals surface area contributed by atoms with Crippen molar-refractivity contribution in [3.8, 4) is 0 Å². The zero-order valence-corrected chi connectivity index (χ0v) is 21.0. The first kappa shape index (κ1) is 24.1. The SMILES string of the molecule is CCCCC(CO)CCCn1cc(C2=C(c3cn(C)c4ccccc34)C(=O)NC2=O)c2ccccc21. The van der Waals surface area contributed by atoms with Crippen LogP contribution in [0.15, 0.2) is 60.9 Å². The molecular weight excluding hydrogens is 450 g/mol. The van der Waals surface area contributed by atoms with Gasteiger partial charge >= 0.3 is 0 Å². The summed E-state index contributed by atoms with van der Waals surface area (Å²) in [6.45, 7) is 3.18. The average Bonchev–Trinajstić information content (AvgIpc) is 3.51. The van der Waals surface area contributed by atoms with E-state index in [-0.39, 0.29) is 18.4 Å². The van der Waals surface area contributed by atoms with E-state index in [2.05, 4.69) is 22.9 Å². The molecule has 1 aliphatic heterocycles. The predicted octanol–water partition coefficient (Wildman–Crippen LogP) is 5.28. The minimum atomic E-state index is -0.357. The maximum atomic E-state index is 13.2. The van der Waals surface area contributed by atoms with Crippen LogP contribution in [0.3, 0.4) is 0 Å². The van der Waals surface area contributed by atoms with E-state index in [0.29, 0.717) is 17.1 Å². The highest BCUT2D eigenvalue weighted by molar-refractivity contribution is 6.50. The van der Waals surface area contributed by atoms with Gasteiger partial charge in [0.15, 0.2) is 0 Å². The molecule has 5 rings (SSSR count). The molecule has 0 bridgehead atoms. The summed E-state index contributed by atoms with van der Waals surface area (Å²) in [5, 5.41) is 14.2. The zero-order chi connectivity index (χ0) is 25.2. The molecule has 0 spiro atoms. The Labute approximate surface area is 211 Å². The molecule has 6 nitrogen and oxygen atoms in total. The standard InChI is InChI=1S/C30H33N3O3/c1-3-4-10-20(19-34)11-9-16-33-18-24(22-13-6-8-15-26(22)33)28-27(29(35)31-30(28)36)23-17-32(2)25-14-7-5-12-21(23)25/h5-8,12-15,17-18,20,34H,3-4,9-11,16,19H2,1-2H3,(H,31,35,36). The Morgan fingerprint density at radius 2 is 1.42 bits per heavy atom. The lowest BCUT2D eigenvalue weighted by Gasteiger charge is -2.14. The molecule has 36 heavy (non-hydrogen) atoms. The molecule has 3 heterocycles. The third kappa shape index (κ3) is 4.26. The highest BCUT2D eigenvalue weighted by Gasteiger charge is 2.35. The number of carbonyl (C=O) groups excluding carboxylic acids is 2. The largest absolute Gasteiger partial charge is 0.396 e. The van der Waals surface area contributed by atoms with E-state index in [1.165, 1.54) is 0 Å². The molecule has 0 saturated heterocycles. The van der Waals surface area contributed by atoms with Gasteiger partial charge in [-0.05, 0) is 37.3 Å². The number of rotatable bonds is 10. The molecule has 2 aromatic carbocycles. The summed E-state index contributed by atoms with van der Waals surface area (Å²) in [6, 6.07) is 16.0. The minimum absolute atomic E-state index is 0.223. The van der Waals surface area contributed by atoms with Gasteiger partial charge in [-0.3, -0.25) is 14.9 Å². The van der Waals surface area contributed by atoms with E-state index < -0.39 is 0 Å². The van der Waals surface area contributed by atoms with Crippen molar-refractivity contribution in [2.75, 3.05) is 6.61 Å². The molecule has 2 aromatic heterocycles. The van der Waals surface area contributed by atoms with Crippen molar-refractivity contribution in [2.45, 2.75) is 45.6 Å². The van der Waals surface area contributed by atoms with Crippen LogP contribution in [-0.4, -0.2) is 32.7 Å². The maximum Gasteiger partial charge on any atom is 0.259 e. The van der Waals surface area contributed by atoms with Gasteiger partial charge in [-0.15, -0.1) is 0 Å². The Hall–Kier alpha value is -3.64. The number of imide groups is 1. The summed E-state index contributed by atoms with van der Waals surface area (Å²) >= 11 is 0. The second-order valence-electron chi connectivity index (χ2n) is 9.79. The third-order valence-corrected chi connectivity index (χ3v) is 7.39. The van der Waals surface area contributed by atoms with E-state index in [9.17, 15) is 14.7 Å². The Kier molecular flexibility index (Phi) is 6.79. The molecule has 1 aliphatic rings. The monoisotopic (exact) mass is 483 g/mol. The van der Waals surface area contributed by atoms with Gasteiger partial charge in [-0.25, -0.2) is 0 Å². The first-order chi connectivity index (χ1) is 17.5. The molecule has 4 aromatic rings. The fourth-order valence-corrected chi connectivity index (χ4v) is 5.51. The smallest absolute Gasteiger partial charge is 0.259 e. The number of aromatic nitrogens is 2. The molecule has 6 heteroatoms. The molecule has 0 aliphatic carbocycles. The van der Waals surface area contributed by atoms with Crippen molar-refractivity contribution in [1.82, 2.24) is 14.5 Å². The van der Waals surface area contributed by atoms with Crippen LogP contribution in [0.2, 0.25) is 0 Å². The molecule has 0 fully saturated rings. The fourth-order valence-electron chi connectivity index (χ4n) is 5.51. The fraction of sp³-hybridized carbons (Fsp3) is 0.333. The van der Waals surface area contributed by atoms with Gasteiger partial charge in [0.25, 0.3) is 11.8 Å². The zero-order valence-electron chi connectivity index (χ0n) is 21.0. The van der Waals surface area contributed by atoms with Gasteiger partial charge in [0.2, 0.25) is 0 Å². The van der Waals surface area contributed by atoms with Crippen LogP contribution in [0, 0.1) is 5.92 Å². The maximum absolute atomic E-state index is 13.2. The highest BCUT2D eigenvalue weighted by Crippen LogP contribution is 2.38. The number of hydrogen-bond donors (Lipinski definition) is 2. The average molecular weight is 484 g/mol. The summed E-state index contributed by atoms with van der Waals surface area (Å²) in [7, 11) is 1.95. The summed E-state index contributed by atoms with van der Waals surface area (Å²) in [4.78, 5) is 26.3. The number of fused-ring (bicyclic) bond motifs is 2. The van der Waals surface area contributed by atoms with Crippen molar-refractivity contribution in [3.63, 3.8) is 0 Å². The molecule has 0 saturated carbocycles.